The average molecular weight is 311 g/mol. The van der Waals surface area contributed by atoms with Crippen LogP contribution in [0, 0.1) is 0 Å². The zero-order chi connectivity index (χ0) is 16.3. The molecule has 3 unspecified atom stereocenters. The Bertz CT molecular complexity index is 578. The van der Waals surface area contributed by atoms with Crippen LogP contribution in [0.3, 0.4) is 0 Å². The molecule has 2 aliphatic rings. The predicted molar refractivity (Wildman–Crippen MR) is 78.0 cm³/mol. The minimum Gasteiger partial charge on any atom is -0.378 e. The number of hydrogen-bond acceptors (Lipinski definition) is 6. The van der Waals surface area contributed by atoms with Gasteiger partial charge in [-0.3, -0.25) is 0 Å². The fraction of sp³-hybridized carbons (Fsp3) is 0.867. The molecule has 7 heteroatoms. The van der Waals surface area contributed by atoms with E-state index in [4.69, 9.17) is 9.47 Å². The van der Waals surface area contributed by atoms with Gasteiger partial charge >= 0.3 is 0 Å². The van der Waals surface area contributed by atoms with Crippen molar-refractivity contribution in [1.82, 2.24) is 15.0 Å². The SMILES string of the molecule is CCCc1nnn2c1C1(O)C(C2)OC(C)(C)C1OC(C)(C)O. The second-order valence-electron chi connectivity index (χ2n) is 7.30. The largest absolute Gasteiger partial charge is 0.378 e. The summed E-state index contributed by atoms with van der Waals surface area (Å²) in [6, 6.07) is 0. The highest BCUT2D eigenvalue weighted by atomic mass is 16.7. The van der Waals surface area contributed by atoms with E-state index in [2.05, 4.69) is 17.2 Å². The zero-order valence-electron chi connectivity index (χ0n) is 13.8. The van der Waals surface area contributed by atoms with Gasteiger partial charge in [-0.2, -0.15) is 0 Å². The van der Waals surface area contributed by atoms with Crippen molar-refractivity contribution in [3.63, 3.8) is 0 Å². The van der Waals surface area contributed by atoms with E-state index < -0.39 is 29.2 Å². The second-order valence-corrected chi connectivity index (χ2v) is 7.30. The molecular formula is C15H25N3O4. The highest BCUT2D eigenvalue weighted by molar-refractivity contribution is 5.31. The lowest BCUT2D eigenvalue weighted by Crippen LogP contribution is -2.52. The molecule has 1 fully saturated rings. The molecule has 7 nitrogen and oxygen atoms in total. The van der Waals surface area contributed by atoms with Gasteiger partial charge in [0, 0.05) is 0 Å². The van der Waals surface area contributed by atoms with Crippen molar-refractivity contribution in [1.29, 1.82) is 0 Å². The molecule has 124 valence electrons. The Hall–Kier alpha value is -1.02. The van der Waals surface area contributed by atoms with Crippen molar-refractivity contribution in [2.75, 3.05) is 0 Å². The molecule has 0 saturated carbocycles. The minimum absolute atomic E-state index is 0.442. The first-order chi connectivity index (χ1) is 10.1. The number of aryl methyl sites for hydroxylation is 1. The van der Waals surface area contributed by atoms with Crippen LogP contribution in [0.15, 0.2) is 0 Å². The molecule has 0 aromatic carbocycles. The highest BCUT2D eigenvalue weighted by Gasteiger charge is 2.67. The van der Waals surface area contributed by atoms with Crippen LogP contribution >= 0.6 is 0 Å². The van der Waals surface area contributed by atoms with E-state index in [0.717, 1.165) is 18.5 Å². The summed E-state index contributed by atoms with van der Waals surface area (Å²) in [4.78, 5) is 0. The van der Waals surface area contributed by atoms with Gasteiger partial charge in [0.05, 0.1) is 23.5 Å². The smallest absolute Gasteiger partial charge is 0.165 e. The van der Waals surface area contributed by atoms with E-state index in [1.165, 1.54) is 0 Å². The van der Waals surface area contributed by atoms with E-state index in [-0.39, 0.29) is 0 Å². The average Bonchev–Trinajstić information content (AvgIpc) is 2.92. The van der Waals surface area contributed by atoms with E-state index in [9.17, 15) is 10.2 Å². The summed E-state index contributed by atoms with van der Waals surface area (Å²) in [5, 5.41) is 29.9. The van der Waals surface area contributed by atoms with Crippen LogP contribution in [0.1, 0.15) is 52.4 Å². The molecule has 2 N–H and O–H groups in total. The van der Waals surface area contributed by atoms with Gasteiger partial charge in [-0.15, -0.1) is 5.10 Å². The first-order valence-corrected chi connectivity index (χ1v) is 7.83. The Morgan fingerprint density at radius 2 is 2.14 bits per heavy atom. The normalized spacial score (nSPS) is 33.0. The summed E-state index contributed by atoms with van der Waals surface area (Å²) in [6.45, 7) is 9.34. The van der Waals surface area contributed by atoms with Crippen molar-refractivity contribution in [2.24, 2.45) is 0 Å². The van der Waals surface area contributed by atoms with Gasteiger partial charge < -0.3 is 19.7 Å². The van der Waals surface area contributed by atoms with Crippen molar-refractivity contribution in [3.05, 3.63) is 11.4 Å². The van der Waals surface area contributed by atoms with Crippen LogP contribution in [-0.4, -0.2) is 48.8 Å². The number of aliphatic hydroxyl groups is 2. The minimum atomic E-state index is -1.37. The summed E-state index contributed by atoms with van der Waals surface area (Å²) in [5.74, 6) is -1.37. The molecule has 0 spiro atoms. The number of rotatable bonds is 4. The van der Waals surface area contributed by atoms with Gasteiger partial charge in [-0.05, 0) is 34.1 Å². The van der Waals surface area contributed by atoms with Gasteiger partial charge in [-0.25, -0.2) is 4.68 Å². The molecule has 22 heavy (non-hydrogen) atoms. The third kappa shape index (κ3) is 2.19. The Kier molecular flexibility index (Phi) is 3.41. The Labute approximate surface area is 130 Å². The summed E-state index contributed by atoms with van der Waals surface area (Å²) >= 11 is 0. The molecule has 3 rings (SSSR count). The summed E-state index contributed by atoms with van der Waals surface area (Å²) in [5.41, 5.74) is -0.632. The maximum Gasteiger partial charge on any atom is 0.165 e. The number of hydrogen-bond donors (Lipinski definition) is 2. The summed E-state index contributed by atoms with van der Waals surface area (Å²) < 4.78 is 13.5. The molecule has 0 radical (unpaired) electrons. The predicted octanol–water partition coefficient (Wildman–Crippen LogP) is 0.723. The van der Waals surface area contributed by atoms with Crippen LogP contribution in [0.4, 0.5) is 0 Å². The van der Waals surface area contributed by atoms with Gasteiger partial charge in [0.25, 0.3) is 0 Å². The number of fused-ring (bicyclic) bond motifs is 3. The lowest BCUT2D eigenvalue weighted by molar-refractivity contribution is -0.255. The molecule has 0 amide bonds. The fourth-order valence-corrected chi connectivity index (χ4v) is 3.67. The Morgan fingerprint density at radius 3 is 2.73 bits per heavy atom. The van der Waals surface area contributed by atoms with Crippen molar-refractivity contribution in [2.45, 2.75) is 83.2 Å². The van der Waals surface area contributed by atoms with Gasteiger partial charge in [-0.1, -0.05) is 18.6 Å². The summed E-state index contributed by atoms with van der Waals surface area (Å²) in [6.07, 6.45) is 0.490. The number of ether oxygens (including phenoxy) is 2. The third-order valence-electron chi connectivity index (χ3n) is 4.38. The zero-order valence-corrected chi connectivity index (χ0v) is 13.8. The van der Waals surface area contributed by atoms with Crippen molar-refractivity contribution < 1.29 is 19.7 Å². The van der Waals surface area contributed by atoms with Crippen LogP contribution in [-0.2, 0) is 28.0 Å². The van der Waals surface area contributed by atoms with E-state index in [1.54, 1.807) is 18.5 Å². The quantitative estimate of drug-likeness (QED) is 0.797. The van der Waals surface area contributed by atoms with Gasteiger partial charge in [0.15, 0.2) is 11.4 Å². The molecule has 3 atom stereocenters. The number of nitrogens with zero attached hydrogens (tertiary/aromatic N) is 3. The lowest BCUT2D eigenvalue weighted by atomic mass is 9.83. The van der Waals surface area contributed by atoms with E-state index in [0.29, 0.717) is 12.2 Å². The Morgan fingerprint density at radius 1 is 1.45 bits per heavy atom. The maximum absolute atomic E-state index is 11.5. The standard InChI is InChI=1S/C15H25N3O4/c1-6-7-9-11-15(20)10(8-18(11)17-16-9)21-13(2,3)12(15)22-14(4,5)19/h10,12,19-20H,6-8H2,1-5H3. The molecule has 1 saturated heterocycles. The first-order valence-electron chi connectivity index (χ1n) is 7.83. The molecule has 0 aliphatic carbocycles. The third-order valence-corrected chi connectivity index (χ3v) is 4.38. The molecule has 2 aliphatic heterocycles. The highest BCUT2D eigenvalue weighted by Crippen LogP contribution is 2.51. The molecule has 1 aromatic rings. The Balaban J connectivity index is 2.07. The first kappa shape index (κ1) is 15.9. The van der Waals surface area contributed by atoms with Crippen LogP contribution < -0.4 is 0 Å². The fourth-order valence-electron chi connectivity index (χ4n) is 3.67. The lowest BCUT2D eigenvalue weighted by Gasteiger charge is -2.37. The maximum atomic E-state index is 11.5. The van der Waals surface area contributed by atoms with Crippen LogP contribution in [0.5, 0.6) is 0 Å². The number of aromatic nitrogens is 3. The van der Waals surface area contributed by atoms with Crippen molar-refractivity contribution in [3.8, 4) is 0 Å². The van der Waals surface area contributed by atoms with Crippen LogP contribution in [0.25, 0.3) is 0 Å². The molecular weight excluding hydrogens is 286 g/mol. The van der Waals surface area contributed by atoms with Gasteiger partial charge in [0.2, 0.25) is 0 Å². The van der Waals surface area contributed by atoms with Crippen LogP contribution in [0.2, 0.25) is 0 Å². The van der Waals surface area contributed by atoms with Crippen molar-refractivity contribution >= 4 is 0 Å². The topological polar surface area (TPSA) is 89.6 Å². The summed E-state index contributed by atoms with van der Waals surface area (Å²) in [7, 11) is 0. The molecule has 0 bridgehead atoms. The van der Waals surface area contributed by atoms with E-state index >= 15 is 0 Å². The molecule has 1 aromatic heterocycles. The monoisotopic (exact) mass is 311 g/mol. The second kappa shape index (κ2) is 4.74. The van der Waals surface area contributed by atoms with Gasteiger partial charge in [0.1, 0.15) is 12.2 Å². The molecule has 3 heterocycles. The van der Waals surface area contributed by atoms with E-state index in [1.807, 2.05) is 13.8 Å².